The topological polar surface area (TPSA) is 20.2 Å². The molecule has 1 heteroatoms. The summed E-state index contributed by atoms with van der Waals surface area (Å²) in [4.78, 5) is 0. The van der Waals surface area contributed by atoms with Gasteiger partial charge in [-0.05, 0) is 36.0 Å². The smallest absolute Gasteiger partial charge is 0.0431 e. The molecule has 0 aliphatic heterocycles. The minimum absolute atomic E-state index is 0.306. The van der Waals surface area contributed by atoms with E-state index in [1.54, 1.807) is 0 Å². The Balaban J connectivity index is 2.11. The average molecular weight is 240 g/mol. The van der Waals surface area contributed by atoms with E-state index >= 15 is 0 Å². The molecule has 0 aliphatic rings. The van der Waals surface area contributed by atoms with Crippen molar-refractivity contribution in [1.82, 2.24) is 0 Å². The molecule has 0 saturated heterocycles. The second-order valence-electron chi connectivity index (χ2n) is 4.56. The standard InChI is InChI=1S/C17H20O/c18-14-8-2-5-11-16-12-6-7-13-17(16)15-9-3-1-4-10-15/h1,3-4,6-7,9-10,12-13,18H,2,5,8,11,14H2. The number of aliphatic hydroxyl groups excluding tert-OH is 1. The Labute approximate surface area is 109 Å². The highest BCUT2D eigenvalue weighted by atomic mass is 16.2. The van der Waals surface area contributed by atoms with Crippen LogP contribution in [0.5, 0.6) is 0 Å². The van der Waals surface area contributed by atoms with Gasteiger partial charge in [0.1, 0.15) is 0 Å². The minimum Gasteiger partial charge on any atom is -0.396 e. The predicted octanol–water partition coefficient (Wildman–Crippen LogP) is 4.06. The van der Waals surface area contributed by atoms with Crippen LogP contribution in [-0.2, 0) is 6.42 Å². The number of aliphatic hydroxyl groups is 1. The van der Waals surface area contributed by atoms with Crippen LogP contribution in [0.15, 0.2) is 54.6 Å². The van der Waals surface area contributed by atoms with Crippen LogP contribution in [0.3, 0.4) is 0 Å². The van der Waals surface area contributed by atoms with Gasteiger partial charge in [0, 0.05) is 6.61 Å². The summed E-state index contributed by atoms with van der Waals surface area (Å²) in [5, 5.41) is 8.80. The molecular weight excluding hydrogens is 220 g/mol. The summed E-state index contributed by atoms with van der Waals surface area (Å²) in [5.74, 6) is 0. The van der Waals surface area contributed by atoms with Crippen molar-refractivity contribution in [2.45, 2.75) is 25.7 Å². The Morgan fingerprint density at radius 3 is 2.22 bits per heavy atom. The second-order valence-corrected chi connectivity index (χ2v) is 4.56. The lowest BCUT2D eigenvalue weighted by Crippen LogP contribution is -1.91. The Bertz CT molecular complexity index is 462. The molecule has 0 aromatic heterocycles. The number of unbranched alkanes of at least 4 members (excludes halogenated alkanes) is 2. The van der Waals surface area contributed by atoms with Crippen LogP contribution >= 0.6 is 0 Å². The highest BCUT2D eigenvalue weighted by Crippen LogP contribution is 2.24. The van der Waals surface area contributed by atoms with Crippen molar-refractivity contribution in [3.05, 3.63) is 60.2 Å². The normalized spacial score (nSPS) is 10.5. The summed E-state index contributed by atoms with van der Waals surface area (Å²) in [6.45, 7) is 0.306. The fourth-order valence-electron chi connectivity index (χ4n) is 2.24. The van der Waals surface area contributed by atoms with Gasteiger partial charge in [0.15, 0.2) is 0 Å². The first-order valence-corrected chi connectivity index (χ1v) is 6.66. The van der Waals surface area contributed by atoms with Crippen molar-refractivity contribution < 1.29 is 5.11 Å². The van der Waals surface area contributed by atoms with Crippen molar-refractivity contribution in [3.63, 3.8) is 0 Å². The maximum absolute atomic E-state index is 8.80. The molecule has 0 fully saturated rings. The van der Waals surface area contributed by atoms with E-state index in [0.717, 1.165) is 25.7 Å². The lowest BCUT2D eigenvalue weighted by atomic mass is 9.96. The van der Waals surface area contributed by atoms with Crippen LogP contribution in [0.4, 0.5) is 0 Å². The fourth-order valence-corrected chi connectivity index (χ4v) is 2.24. The molecule has 0 heterocycles. The third kappa shape index (κ3) is 3.44. The van der Waals surface area contributed by atoms with Gasteiger partial charge in [0.25, 0.3) is 0 Å². The van der Waals surface area contributed by atoms with E-state index in [9.17, 15) is 0 Å². The number of hydrogen-bond donors (Lipinski definition) is 1. The zero-order valence-electron chi connectivity index (χ0n) is 10.7. The third-order valence-electron chi connectivity index (χ3n) is 3.21. The summed E-state index contributed by atoms with van der Waals surface area (Å²) in [5.41, 5.74) is 4.03. The molecule has 0 radical (unpaired) electrons. The van der Waals surface area contributed by atoms with Gasteiger partial charge >= 0.3 is 0 Å². The first-order valence-electron chi connectivity index (χ1n) is 6.66. The molecule has 0 saturated carbocycles. The summed E-state index contributed by atoms with van der Waals surface area (Å²) in [7, 11) is 0. The quantitative estimate of drug-likeness (QED) is 0.755. The van der Waals surface area contributed by atoms with Crippen LogP contribution in [0.25, 0.3) is 11.1 Å². The van der Waals surface area contributed by atoms with E-state index < -0.39 is 0 Å². The van der Waals surface area contributed by atoms with E-state index in [1.165, 1.54) is 16.7 Å². The van der Waals surface area contributed by atoms with E-state index in [1.807, 2.05) is 6.07 Å². The summed E-state index contributed by atoms with van der Waals surface area (Å²) < 4.78 is 0. The van der Waals surface area contributed by atoms with Crippen molar-refractivity contribution in [2.75, 3.05) is 6.61 Å². The van der Waals surface area contributed by atoms with Crippen molar-refractivity contribution in [3.8, 4) is 11.1 Å². The zero-order valence-corrected chi connectivity index (χ0v) is 10.7. The van der Waals surface area contributed by atoms with Gasteiger partial charge in [0.2, 0.25) is 0 Å². The predicted molar refractivity (Wildman–Crippen MR) is 76.5 cm³/mol. The number of benzene rings is 2. The van der Waals surface area contributed by atoms with Gasteiger partial charge in [-0.25, -0.2) is 0 Å². The summed E-state index contributed by atoms with van der Waals surface area (Å²) in [6.07, 6.45) is 4.24. The Morgan fingerprint density at radius 2 is 1.44 bits per heavy atom. The molecule has 0 atom stereocenters. The molecule has 2 rings (SSSR count). The summed E-state index contributed by atoms with van der Waals surface area (Å²) in [6, 6.07) is 19.1. The second kappa shape index (κ2) is 6.97. The van der Waals surface area contributed by atoms with Crippen LogP contribution in [-0.4, -0.2) is 11.7 Å². The SMILES string of the molecule is OCCCCCc1ccccc1-c1ccccc1. The molecule has 94 valence electrons. The maximum Gasteiger partial charge on any atom is 0.0431 e. The Morgan fingerprint density at radius 1 is 0.722 bits per heavy atom. The molecule has 18 heavy (non-hydrogen) atoms. The van der Waals surface area contributed by atoms with Gasteiger partial charge in [-0.1, -0.05) is 61.0 Å². The lowest BCUT2D eigenvalue weighted by molar-refractivity contribution is 0.283. The minimum atomic E-state index is 0.306. The highest BCUT2D eigenvalue weighted by molar-refractivity contribution is 5.67. The maximum atomic E-state index is 8.80. The van der Waals surface area contributed by atoms with Gasteiger partial charge in [-0.2, -0.15) is 0 Å². The number of aryl methyl sites for hydroxylation is 1. The van der Waals surface area contributed by atoms with Gasteiger partial charge < -0.3 is 5.11 Å². The highest BCUT2D eigenvalue weighted by Gasteiger charge is 2.03. The molecule has 0 aliphatic carbocycles. The lowest BCUT2D eigenvalue weighted by Gasteiger charge is -2.09. The number of rotatable bonds is 6. The van der Waals surface area contributed by atoms with Crippen LogP contribution in [0.1, 0.15) is 24.8 Å². The largest absolute Gasteiger partial charge is 0.396 e. The van der Waals surface area contributed by atoms with Crippen LogP contribution in [0, 0.1) is 0 Å². The third-order valence-corrected chi connectivity index (χ3v) is 3.21. The van der Waals surface area contributed by atoms with Crippen molar-refractivity contribution >= 4 is 0 Å². The molecule has 2 aromatic rings. The summed E-state index contributed by atoms with van der Waals surface area (Å²) >= 11 is 0. The Kier molecular flexibility index (Phi) is 4.98. The molecule has 2 aromatic carbocycles. The molecule has 1 N–H and O–H groups in total. The van der Waals surface area contributed by atoms with E-state index in [4.69, 9.17) is 5.11 Å². The van der Waals surface area contributed by atoms with E-state index in [-0.39, 0.29) is 0 Å². The zero-order chi connectivity index (χ0) is 12.6. The molecular formula is C17H20O. The van der Waals surface area contributed by atoms with Crippen LogP contribution < -0.4 is 0 Å². The molecule has 0 bridgehead atoms. The molecule has 0 amide bonds. The molecule has 0 spiro atoms. The van der Waals surface area contributed by atoms with E-state index in [2.05, 4.69) is 48.5 Å². The molecule has 1 nitrogen and oxygen atoms in total. The first-order chi connectivity index (χ1) is 8.92. The van der Waals surface area contributed by atoms with Crippen molar-refractivity contribution in [2.24, 2.45) is 0 Å². The Hall–Kier alpha value is -1.60. The monoisotopic (exact) mass is 240 g/mol. The van der Waals surface area contributed by atoms with Crippen molar-refractivity contribution in [1.29, 1.82) is 0 Å². The van der Waals surface area contributed by atoms with Crippen LogP contribution in [0.2, 0.25) is 0 Å². The van der Waals surface area contributed by atoms with E-state index in [0.29, 0.717) is 6.61 Å². The molecule has 0 unspecified atom stereocenters. The average Bonchev–Trinajstić information content (AvgIpc) is 2.45. The fraction of sp³-hybridized carbons (Fsp3) is 0.294. The van der Waals surface area contributed by atoms with Gasteiger partial charge in [-0.15, -0.1) is 0 Å². The van der Waals surface area contributed by atoms with Gasteiger partial charge in [0.05, 0.1) is 0 Å². The number of hydrogen-bond acceptors (Lipinski definition) is 1. The van der Waals surface area contributed by atoms with Gasteiger partial charge in [-0.3, -0.25) is 0 Å². The first kappa shape index (κ1) is 12.8.